The number of allylic oxidation sites excluding steroid dienone is 2. The standard InChI is InChI=1S/C27H25N3O6/c1-18-23(26(31)35-16-6-10-20-8-4-3-5-9-20)25(21-11-13-22(14-12-21)30(33)34)24(19(2)29-18)27(32)36-17-7-15-28/h3-6,8-14,25,29H,7,16-17H2,1-2H3. The molecule has 1 N–H and O–H groups in total. The molecule has 0 radical (unpaired) electrons. The van der Waals surface area contributed by atoms with E-state index in [4.69, 9.17) is 14.7 Å². The van der Waals surface area contributed by atoms with E-state index in [-0.39, 0.29) is 36.5 Å². The Morgan fingerprint density at radius 2 is 1.64 bits per heavy atom. The first-order chi connectivity index (χ1) is 17.3. The number of esters is 2. The molecule has 0 fully saturated rings. The lowest BCUT2D eigenvalue weighted by Crippen LogP contribution is -2.32. The van der Waals surface area contributed by atoms with Crippen molar-refractivity contribution < 1.29 is 24.0 Å². The minimum absolute atomic E-state index is 0.00212. The highest BCUT2D eigenvalue weighted by Crippen LogP contribution is 2.39. The van der Waals surface area contributed by atoms with Gasteiger partial charge in [-0.05, 0) is 31.1 Å². The van der Waals surface area contributed by atoms with Crippen LogP contribution in [0.3, 0.4) is 0 Å². The van der Waals surface area contributed by atoms with E-state index in [0.29, 0.717) is 17.0 Å². The zero-order valence-electron chi connectivity index (χ0n) is 19.9. The zero-order valence-corrected chi connectivity index (χ0v) is 19.9. The van der Waals surface area contributed by atoms with E-state index in [0.717, 1.165) is 5.56 Å². The molecule has 0 saturated carbocycles. The van der Waals surface area contributed by atoms with Gasteiger partial charge in [-0.3, -0.25) is 10.1 Å². The lowest BCUT2D eigenvalue weighted by atomic mass is 9.80. The monoisotopic (exact) mass is 487 g/mol. The number of dihydropyridines is 1. The Morgan fingerprint density at radius 1 is 1.03 bits per heavy atom. The van der Waals surface area contributed by atoms with Crippen LogP contribution in [-0.4, -0.2) is 30.1 Å². The third-order valence-electron chi connectivity index (χ3n) is 5.50. The van der Waals surface area contributed by atoms with E-state index in [1.54, 1.807) is 19.9 Å². The number of ether oxygens (including phenoxy) is 2. The molecule has 2 aromatic rings. The van der Waals surface area contributed by atoms with Crippen molar-refractivity contribution in [3.63, 3.8) is 0 Å². The minimum atomic E-state index is -0.882. The Hall–Kier alpha value is -4.71. The van der Waals surface area contributed by atoms with Crippen LogP contribution in [0.1, 0.15) is 37.3 Å². The highest BCUT2D eigenvalue weighted by Gasteiger charge is 2.38. The van der Waals surface area contributed by atoms with Crippen molar-refractivity contribution in [2.75, 3.05) is 13.2 Å². The summed E-state index contributed by atoms with van der Waals surface area (Å²) in [6.07, 6.45) is 3.55. The highest BCUT2D eigenvalue weighted by molar-refractivity contribution is 6.00. The van der Waals surface area contributed by atoms with E-state index in [1.807, 2.05) is 42.5 Å². The van der Waals surface area contributed by atoms with E-state index in [2.05, 4.69) is 5.32 Å². The first-order valence-corrected chi connectivity index (χ1v) is 11.2. The lowest BCUT2D eigenvalue weighted by molar-refractivity contribution is -0.384. The Kier molecular flexibility index (Phi) is 8.73. The molecule has 9 nitrogen and oxygen atoms in total. The van der Waals surface area contributed by atoms with Crippen molar-refractivity contribution in [1.29, 1.82) is 5.26 Å². The molecule has 1 atom stereocenters. The van der Waals surface area contributed by atoms with Gasteiger partial charge in [0.25, 0.3) is 5.69 Å². The fraction of sp³-hybridized carbons (Fsp3) is 0.222. The van der Waals surface area contributed by atoms with Crippen LogP contribution in [0.5, 0.6) is 0 Å². The SMILES string of the molecule is CC1=C(C(=O)OCC=Cc2ccccc2)C(c2ccc([N+](=O)[O-])cc2)C(C(=O)OCCC#N)=C(C)N1. The number of carbonyl (C=O) groups is 2. The van der Waals surface area contributed by atoms with Gasteiger partial charge in [-0.15, -0.1) is 0 Å². The lowest BCUT2D eigenvalue weighted by Gasteiger charge is -2.30. The largest absolute Gasteiger partial charge is 0.461 e. The summed E-state index contributed by atoms with van der Waals surface area (Å²) in [6, 6.07) is 17.1. The van der Waals surface area contributed by atoms with Gasteiger partial charge in [0.2, 0.25) is 0 Å². The van der Waals surface area contributed by atoms with E-state index in [1.165, 1.54) is 24.3 Å². The third kappa shape index (κ3) is 6.24. The number of hydrogen-bond donors (Lipinski definition) is 1. The molecular formula is C27H25N3O6. The fourth-order valence-corrected chi connectivity index (χ4v) is 3.87. The maximum atomic E-state index is 13.2. The molecule has 0 aromatic heterocycles. The van der Waals surface area contributed by atoms with Crippen LogP contribution in [0.2, 0.25) is 0 Å². The summed E-state index contributed by atoms with van der Waals surface area (Å²) in [4.78, 5) is 36.8. The van der Waals surface area contributed by atoms with Gasteiger partial charge in [0.05, 0.1) is 34.5 Å². The van der Waals surface area contributed by atoms with Gasteiger partial charge >= 0.3 is 11.9 Å². The Morgan fingerprint density at radius 3 is 2.22 bits per heavy atom. The molecule has 1 aliphatic rings. The van der Waals surface area contributed by atoms with Gasteiger partial charge in [0, 0.05) is 23.5 Å². The molecule has 0 saturated heterocycles. The number of benzene rings is 2. The average molecular weight is 488 g/mol. The third-order valence-corrected chi connectivity index (χ3v) is 5.50. The molecule has 1 heterocycles. The van der Waals surface area contributed by atoms with Crippen molar-refractivity contribution in [2.24, 2.45) is 0 Å². The summed E-state index contributed by atoms with van der Waals surface area (Å²) in [7, 11) is 0. The maximum absolute atomic E-state index is 13.2. The van der Waals surface area contributed by atoms with E-state index < -0.39 is 22.8 Å². The number of nitrogens with zero attached hydrogens (tertiary/aromatic N) is 2. The fourth-order valence-electron chi connectivity index (χ4n) is 3.87. The Labute approximate surface area is 208 Å². The summed E-state index contributed by atoms with van der Waals surface area (Å²) in [5, 5.41) is 22.9. The number of nitrogens with one attached hydrogen (secondary N) is 1. The van der Waals surface area contributed by atoms with Crippen molar-refractivity contribution in [2.45, 2.75) is 26.2 Å². The Balaban J connectivity index is 1.92. The smallest absolute Gasteiger partial charge is 0.337 e. The van der Waals surface area contributed by atoms with Crippen LogP contribution in [0.25, 0.3) is 6.08 Å². The number of nitro benzene ring substituents is 1. The molecule has 36 heavy (non-hydrogen) atoms. The van der Waals surface area contributed by atoms with Crippen LogP contribution < -0.4 is 5.32 Å². The molecule has 9 heteroatoms. The molecule has 0 bridgehead atoms. The number of nitro groups is 1. The second-order valence-corrected chi connectivity index (χ2v) is 7.94. The van der Waals surface area contributed by atoms with Crippen molar-refractivity contribution >= 4 is 23.7 Å². The number of rotatable bonds is 9. The number of hydrogen-bond acceptors (Lipinski definition) is 8. The van der Waals surface area contributed by atoms with Crippen LogP contribution in [0.4, 0.5) is 5.69 Å². The quantitative estimate of drug-likeness (QED) is 0.236. The van der Waals surface area contributed by atoms with Gasteiger partial charge < -0.3 is 14.8 Å². The number of non-ortho nitro benzene ring substituents is 1. The molecule has 1 aliphatic heterocycles. The van der Waals surface area contributed by atoms with Crippen molar-refractivity contribution in [1.82, 2.24) is 5.32 Å². The van der Waals surface area contributed by atoms with Gasteiger partial charge in [0.1, 0.15) is 13.2 Å². The van der Waals surface area contributed by atoms with Gasteiger partial charge in [-0.1, -0.05) is 48.5 Å². The summed E-state index contributed by atoms with van der Waals surface area (Å²) < 4.78 is 10.8. The molecule has 0 aliphatic carbocycles. The van der Waals surface area contributed by atoms with Gasteiger partial charge in [-0.2, -0.15) is 5.26 Å². The van der Waals surface area contributed by atoms with E-state index in [9.17, 15) is 19.7 Å². The molecule has 1 unspecified atom stereocenters. The maximum Gasteiger partial charge on any atom is 0.337 e. The molecule has 3 rings (SSSR count). The topological polar surface area (TPSA) is 132 Å². The molecule has 0 amide bonds. The second kappa shape index (κ2) is 12.1. The Bertz CT molecular complexity index is 1270. The van der Waals surface area contributed by atoms with Crippen molar-refractivity contribution in [3.05, 3.63) is 104 Å². The number of carbonyl (C=O) groups excluding carboxylic acids is 2. The highest BCUT2D eigenvalue weighted by atomic mass is 16.6. The predicted octanol–water partition coefficient (Wildman–Crippen LogP) is 4.54. The van der Waals surface area contributed by atoms with Crippen LogP contribution in [0.15, 0.2) is 83.2 Å². The van der Waals surface area contributed by atoms with Crippen LogP contribution in [0, 0.1) is 21.4 Å². The molecular weight excluding hydrogens is 462 g/mol. The van der Waals surface area contributed by atoms with Gasteiger partial charge in [0.15, 0.2) is 0 Å². The minimum Gasteiger partial charge on any atom is -0.461 e. The summed E-state index contributed by atoms with van der Waals surface area (Å²) >= 11 is 0. The molecule has 2 aromatic carbocycles. The van der Waals surface area contributed by atoms with Gasteiger partial charge in [-0.25, -0.2) is 9.59 Å². The second-order valence-electron chi connectivity index (χ2n) is 7.94. The summed E-state index contributed by atoms with van der Waals surface area (Å²) in [5.74, 6) is -2.22. The van der Waals surface area contributed by atoms with Crippen molar-refractivity contribution in [3.8, 4) is 6.07 Å². The summed E-state index contributed by atoms with van der Waals surface area (Å²) in [6.45, 7) is 3.26. The first-order valence-electron chi connectivity index (χ1n) is 11.2. The van der Waals surface area contributed by atoms with E-state index >= 15 is 0 Å². The zero-order chi connectivity index (χ0) is 26.1. The molecule has 184 valence electrons. The average Bonchev–Trinajstić information content (AvgIpc) is 2.86. The predicted molar refractivity (Wildman–Crippen MR) is 132 cm³/mol. The molecule has 0 spiro atoms. The number of nitriles is 1. The first kappa shape index (κ1) is 25.9. The summed E-state index contributed by atoms with van der Waals surface area (Å²) in [5.41, 5.74) is 2.63. The van der Waals surface area contributed by atoms with Crippen LogP contribution in [-0.2, 0) is 19.1 Å². The van der Waals surface area contributed by atoms with Crippen LogP contribution >= 0.6 is 0 Å². The normalized spacial score (nSPS) is 15.3.